The van der Waals surface area contributed by atoms with Gasteiger partial charge in [0.25, 0.3) is 5.91 Å². The van der Waals surface area contributed by atoms with Crippen molar-refractivity contribution < 1.29 is 19.1 Å². The van der Waals surface area contributed by atoms with Crippen LogP contribution in [0.5, 0.6) is 5.75 Å². The Balaban J connectivity index is 1.57. The first-order valence-corrected chi connectivity index (χ1v) is 10.1. The monoisotopic (exact) mass is 388 g/mol. The van der Waals surface area contributed by atoms with E-state index >= 15 is 0 Å². The molecule has 1 saturated carbocycles. The fourth-order valence-electron chi connectivity index (χ4n) is 3.07. The zero-order valence-electron chi connectivity index (χ0n) is 15.6. The number of benzene rings is 1. The number of rotatable bonds is 6. The van der Waals surface area contributed by atoms with Crippen LogP contribution in [0.1, 0.15) is 49.5 Å². The van der Waals surface area contributed by atoms with Crippen LogP contribution in [0.4, 0.5) is 0 Å². The van der Waals surface area contributed by atoms with Gasteiger partial charge < -0.3 is 14.8 Å². The maximum absolute atomic E-state index is 12.3. The molecule has 27 heavy (non-hydrogen) atoms. The minimum atomic E-state index is -0.842. The average Bonchev–Trinajstić information content (AvgIpc) is 3.19. The molecule has 1 atom stereocenters. The van der Waals surface area contributed by atoms with E-state index in [0.717, 1.165) is 37.0 Å². The minimum Gasteiger partial charge on any atom is -0.497 e. The van der Waals surface area contributed by atoms with Crippen LogP contribution in [0.3, 0.4) is 0 Å². The van der Waals surface area contributed by atoms with Gasteiger partial charge in [-0.05, 0) is 44.0 Å². The number of thiazole rings is 1. The molecule has 1 aromatic heterocycles. The number of nitrogens with one attached hydrogen (secondary N) is 1. The van der Waals surface area contributed by atoms with Gasteiger partial charge in [0.1, 0.15) is 10.8 Å². The summed E-state index contributed by atoms with van der Waals surface area (Å²) < 4.78 is 10.4. The number of hydrogen-bond donors (Lipinski definition) is 1. The minimum absolute atomic E-state index is 0.188. The van der Waals surface area contributed by atoms with E-state index in [1.807, 2.05) is 24.3 Å². The van der Waals surface area contributed by atoms with Crippen molar-refractivity contribution in [2.24, 2.45) is 0 Å². The zero-order valence-corrected chi connectivity index (χ0v) is 16.4. The fourth-order valence-corrected chi connectivity index (χ4v) is 3.87. The number of amides is 1. The summed E-state index contributed by atoms with van der Waals surface area (Å²) in [6.45, 7) is 1.59. The van der Waals surface area contributed by atoms with E-state index in [2.05, 4.69) is 10.3 Å². The van der Waals surface area contributed by atoms with Crippen LogP contribution in [0.15, 0.2) is 29.6 Å². The number of aromatic nitrogens is 1. The molecule has 6 nitrogen and oxygen atoms in total. The molecule has 0 spiro atoms. The molecule has 2 aromatic rings. The van der Waals surface area contributed by atoms with E-state index in [9.17, 15) is 9.59 Å². The van der Waals surface area contributed by atoms with E-state index in [4.69, 9.17) is 9.47 Å². The molecule has 1 aromatic carbocycles. The Hall–Kier alpha value is -2.41. The highest BCUT2D eigenvalue weighted by Gasteiger charge is 2.24. The van der Waals surface area contributed by atoms with Gasteiger partial charge in [-0.2, -0.15) is 0 Å². The molecule has 1 aliphatic rings. The first-order chi connectivity index (χ1) is 13.1. The predicted molar refractivity (Wildman–Crippen MR) is 104 cm³/mol. The summed E-state index contributed by atoms with van der Waals surface area (Å²) in [5.41, 5.74) is 1.10. The first kappa shape index (κ1) is 19.4. The largest absolute Gasteiger partial charge is 0.497 e. The molecule has 7 heteroatoms. The van der Waals surface area contributed by atoms with E-state index in [-0.39, 0.29) is 17.6 Å². The summed E-state index contributed by atoms with van der Waals surface area (Å²) in [5, 5.41) is 5.33. The van der Waals surface area contributed by atoms with Crippen LogP contribution in [-0.2, 0) is 9.53 Å². The van der Waals surface area contributed by atoms with Gasteiger partial charge in [0.05, 0.1) is 7.11 Å². The summed E-state index contributed by atoms with van der Waals surface area (Å²) >= 11 is 1.36. The normalized spacial score (nSPS) is 15.8. The average molecular weight is 388 g/mol. The third-order valence-electron chi connectivity index (χ3n) is 4.65. The molecule has 0 radical (unpaired) electrons. The van der Waals surface area contributed by atoms with Gasteiger partial charge in [-0.1, -0.05) is 19.3 Å². The maximum atomic E-state index is 12.3. The van der Waals surface area contributed by atoms with Gasteiger partial charge in [-0.25, -0.2) is 9.78 Å². The summed E-state index contributed by atoms with van der Waals surface area (Å²) in [5.74, 6) is -0.0779. The number of ether oxygens (including phenoxy) is 2. The lowest BCUT2D eigenvalue weighted by Gasteiger charge is -2.24. The van der Waals surface area contributed by atoms with Crippen LogP contribution >= 0.6 is 11.3 Å². The Morgan fingerprint density at radius 3 is 2.56 bits per heavy atom. The molecule has 0 bridgehead atoms. The van der Waals surface area contributed by atoms with E-state index < -0.39 is 12.1 Å². The van der Waals surface area contributed by atoms with E-state index in [1.165, 1.54) is 17.8 Å². The van der Waals surface area contributed by atoms with Gasteiger partial charge in [0.2, 0.25) is 0 Å². The van der Waals surface area contributed by atoms with Gasteiger partial charge in [-0.3, -0.25) is 4.79 Å². The van der Waals surface area contributed by atoms with Crippen LogP contribution in [0, 0.1) is 0 Å². The highest BCUT2D eigenvalue weighted by Crippen LogP contribution is 2.26. The maximum Gasteiger partial charge on any atom is 0.358 e. The number of hydrogen-bond acceptors (Lipinski definition) is 6. The first-order valence-electron chi connectivity index (χ1n) is 9.18. The molecule has 1 N–H and O–H groups in total. The van der Waals surface area contributed by atoms with Crippen molar-refractivity contribution in [3.63, 3.8) is 0 Å². The molecule has 0 aliphatic heterocycles. The van der Waals surface area contributed by atoms with Crippen LogP contribution in [0.25, 0.3) is 10.6 Å². The van der Waals surface area contributed by atoms with Gasteiger partial charge in [0, 0.05) is 17.0 Å². The molecule has 1 aliphatic carbocycles. The highest BCUT2D eigenvalue weighted by molar-refractivity contribution is 7.13. The molecule has 1 amide bonds. The molecule has 144 valence electrons. The Morgan fingerprint density at radius 1 is 1.19 bits per heavy atom. The van der Waals surface area contributed by atoms with Crippen LogP contribution in [0.2, 0.25) is 0 Å². The van der Waals surface area contributed by atoms with Crippen molar-refractivity contribution in [1.82, 2.24) is 10.3 Å². The third kappa shape index (κ3) is 5.07. The van der Waals surface area contributed by atoms with Gasteiger partial charge >= 0.3 is 5.97 Å². The topological polar surface area (TPSA) is 77.5 Å². The van der Waals surface area contributed by atoms with Crippen molar-refractivity contribution in [1.29, 1.82) is 0 Å². The smallest absolute Gasteiger partial charge is 0.358 e. The van der Waals surface area contributed by atoms with Crippen molar-refractivity contribution in [3.8, 4) is 16.3 Å². The van der Waals surface area contributed by atoms with Gasteiger partial charge in [0.15, 0.2) is 11.8 Å². The second-order valence-corrected chi connectivity index (χ2v) is 7.52. The number of esters is 1. The van der Waals surface area contributed by atoms with Crippen molar-refractivity contribution in [3.05, 3.63) is 35.3 Å². The molecular formula is C20H24N2O4S. The molecule has 3 rings (SSSR count). The summed E-state index contributed by atoms with van der Waals surface area (Å²) in [4.78, 5) is 28.9. The molecule has 0 saturated heterocycles. The second-order valence-electron chi connectivity index (χ2n) is 6.66. The molecule has 1 heterocycles. The van der Waals surface area contributed by atoms with Crippen molar-refractivity contribution in [2.75, 3.05) is 7.11 Å². The second kappa shape index (κ2) is 8.99. The Bertz CT molecular complexity index is 782. The van der Waals surface area contributed by atoms with Crippen LogP contribution < -0.4 is 10.1 Å². The lowest BCUT2D eigenvalue weighted by molar-refractivity contribution is -0.130. The van der Waals surface area contributed by atoms with Gasteiger partial charge in [-0.15, -0.1) is 11.3 Å². The number of carbonyl (C=O) groups is 2. The highest BCUT2D eigenvalue weighted by atomic mass is 32.1. The predicted octanol–water partition coefficient (Wildman–Crippen LogP) is 3.81. The SMILES string of the molecule is COc1ccc(-c2nc(C(=O)OC(C)C(=O)NC3CCCCC3)cs2)cc1. The lowest BCUT2D eigenvalue weighted by Crippen LogP contribution is -2.42. The molecule has 1 fully saturated rings. The summed E-state index contributed by atoms with van der Waals surface area (Å²) in [6.07, 6.45) is 4.62. The molecule has 1 unspecified atom stereocenters. The standard InChI is InChI=1S/C20H24N2O4S/c1-13(18(23)21-15-6-4-3-5-7-15)26-20(24)17-12-27-19(22-17)14-8-10-16(25-2)11-9-14/h8-13,15H,3-7H2,1-2H3,(H,21,23). The lowest BCUT2D eigenvalue weighted by atomic mass is 9.95. The zero-order chi connectivity index (χ0) is 19.2. The molecular weight excluding hydrogens is 364 g/mol. The quantitative estimate of drug-likeness (QED) is 0.762. The Labute approximate surface area is 162 Å². The summed E-state index contributed by atoms with van der Waals surface area (Å²) in [6, 6.07) is 7.63. The van der Waals surface area contributed by atoms with E-state index in [0.29, 0.717) is 5.01 Å². The number of carbonyl (C=O) groups excluding carboxylic acids is 2. The Morgan fingerprint density at radius 2 is 1.89 bits per heavy atom. The number of nitrogens with zero attached hydrogens (tertiary/aromatic N) is 1. The Kier molecular flexibility index (Phi) is 6.45. The van der Waals surface area contributed by atoms with E-state index in [1.54, 1.807) is 19.4 Å². The third-order valence-corrected chi connectivity index (χ3v) is 5.55. The van der Waals surface area contributed by atoms with Crippen LogP contribution in [-0.4, -0.2) is 36.1 Å². The van der Waals surface area contributed by atoms with Crippen molar-refractivity contribution in [2.45, 2.75) is 51.2 Å². The fraction of sp³-hybridized carbons (Fsp3) is 0.450. The number of methoxy groups -OCH3 is 1. The van der Waals surface area contributed by atoms with Crippen molar-refractivity contribution >= 4 is 23.2 Å². The summed E-state index contributed by atoms with van der Waals surface area (Å²) in [7, 11) is 1.61.